The molecular formula is C28H38F4N4O4. The number of rotatable bonds is 10. The first kappa shape index (κ1) is 31.4. The Hall–Kier alpha value is -3.15. The van der Waals surface area contributed by atoms with Crippen LogP contribution in [-0.4, -0.2) is 61.3 Å². The van der Waals surface area contributed by atoms with E-state index in [-0.39, 0.29) is 23.7 Å². The van der Waals surface area contributed by atoms with Crippen LogP contribution in [0.4, 0.5) is 28.0 Å². The number of carbonyl (C=O) groups excluding carboxylic acids is 3. The van der Waals surface area contributed by atoms with Crippen molar-refractivity contribution in [2.75, 3.05) is 26.0 Å². The van der Waals surface area contributed by atoms with Gasteiger partial charge in [-0.25, -0.2) is 9.18 Å². The van der Waals surface area contributed by atoms with Crippen molar-refractivity contribution in [1.82, 2.24) is 15.5 Å². The lowest BCUT2D eigenvalue weighted by atomic mass is 9.93. The molecule has 222 valence electrons. The van der Waals surface area contributed by atoms with E-state index in [1.165, 1.54) is 13.0 Å². The number of nitrogens with one attached hydrogen (secondary N) is 3. The van der Waals surface area contributed by atoms with E-state index in [0.29, 0.717) is 5.56 Å². The third kappa shape index (κ3) is 9.21. The highest BCUT2D eigenvalue weighted by Gasteiger charge is 2.40. The molecule has 2 atom stereocenters. The van der Waals surface area contributed by atoms with E-state index in [2.05, 4.69) is 10.6 Å². The summed E-state index contributed by atoms with van der Waals surface area (Å²) in [7, 11) is 3.48. The summed E-state index contributed by atoms with van der Waals surface area (Å²) in [6.07, 6.45) is -1.91. The molecule has 0 radical (unpaired) electrons. The summed E-state index contributed by atoms with van der Waals surface area (Å²) in [6.45, 7) is 5.23. The van der Waals surface area contributed by atoms with Crippen molar-refractivity contribution >= 4 is 23.6 Å². The Bertz CT molecular complexity index is 1160. The maximum absolute atomic E-state index is 15.4. The number of carbonyl (C=O) groups is 3. The molecule has 0 heterocycles. The van der Waals surface area contributed by atoms with Crippen molar-refractivity contribution in [1.29, 1.82) is 0 Å². The number of benzene rings is 1. The van der Waals surface area contributed by atoms with Gasteiger partial charge in [-0.1, -0.05) is 5.57 Å². The lowest BCUT2D eigenvalue weighted by Gasteiger charge is -2.26. The number of nitrogens with zero attached hydrogens (tertiary/aromatic N) is 1. The van der Waals surface area contributed by atoms with Crippen LogP contribution >= 0.6 is 0 Å². The van der Waals surface area contributed by atoms with E-state index in [9.17, 15) is 27.6 Å². The zero-order valence-electron chi connectivity index (χ0n) is 23.7. The minimum atomic E-state index is -4.58. The largest absolute Gasteiger partial charge is 0.444 e. The molecule has 12 heteroatoms. The second-order valence-electron chi connectivity index (χ2n) is 11.7. The van der Waals surface area contributed by atoms with Crippen LogP contribution in [0, 0.1) is 11.7 Å². The monoisotopic (exact) mass is 570 g/mol. The number of ether oxygens (including phenoxy) is 1. The van der Waals surface area contributed by atoms with Crippen LogP contribution in [0.1, 0.15) is 70.4 Å². The number of allylic oxidation sites excluding steroid dienone is 1. The molecular weight excluding hydrogens is 532 g/mol. The van der Waals surface area contributed by atoms with Crippen LogP contribution in [0.25, 0.3) is 0 Å². The molecule has 2 saturated carbocycles. The summed E-state index contributed by atoms with van der Waals surface area (Å²) >= 11 is 0. The Balaban J connectivity index is 1.89. The van der Waals surface area contributed by atoms with Gasteiger partial charge in [-0.2, -0.15) is 13.2 Å². The number of anilines is 1. The van der Waals surface area contributed by atoms with Crippen LogP contribution in [0.15, 0.2) is 23.3 Å². The molecule has 40 heavy (non-hydrogen) atoms. The van der Waals surface area contributed by atoms with Crippen LogP contribution in [0.5, 0.6) is 0 Å². The molecule has 0 spiro atoms. The van der Waals surface area contributed by atoms with Crippen molar-refractivity contribution in [3.8, 4) is 0 Å². The second kappa shape index (κ2) is 12.2. The van der Waals surface area contributed by atoms with Crippen LogP contribution < -0.4 is 16.0 Å². The van der Waals surface area contributed by atoms with Gasteiger partial charge in [-0.05, 0) is 102 Å². The molecule has 0 saturated heterocycles. The summed E-state index contributed by atoms with van der Waals surface area (Å²) in [6, 6.07) is 1.38. The highest BCUT2D eigenvalue weighted by Crippen LogP contribution is 2.46. The third-order valence-corrected chi connectivity index (χ3v) is 6.46. The lowest BCUT2D eigenvalue weighted by Crippen LogP contribution is -2.47. The van der Waals surface area contributed by atoms with Gasteiger partial charge in [0.25, 0.3) is 5.91 Å². The molecule has 1 aromatic rings. The van der Waals surface area contributed by atoms with Crippen molar-refractivity contribution in [2.24, 2.45) is 5.92 Å². The Morgan fingerprint density at radius 2 is 1.70 bits per heavy atom. The molecule has 1 unspecified atom stereocenters. The fraction of sp³-hybridized carbons (Fsp3) is 0.607. The minimum absolute atomic E-state index is 0.163. The van der Waals surface area contributed by atoms with Gasteiger partial charge in [0.15, 0.2) is 0 Å². The zero-order chi connectivity index (χ0) is 30.0. The van der Waals surface area contributed by atoms with Crippen molar-refractivity contribution in [3.05, 3.63) is 40.2 Å². The number of amides is 3. The van der Waals surface area contributed by atoms with Crippen LogP contribution in [0.2, 0.25) is 0 Å². The molecule has 2 fully saturated rings. The fourth-order valence-corrected chi connectivity index (χ4v) is 4.48. The maximum Gasteiger partial charge on any atom is 0.408 e. The van der Waals surface area contributed by atoms with E-state index in [1.807, 2.05) is 5.32 Å². The molecule has 3 amide bonds. The number of hydrogen-bond acceptors (Lipinski definition) is 5. The Morgan fingerprint density at radius 3 is 2.20 bits per heavy atom. The first-order valence-electron chi connectivity index (χ1n) is 13.3. The summed E-state index contributed by atoms with van der Waals surface area (Å²) in [4.78, 5) is 40.4. The number of alkyl carbamates (subject to hydrolysis) is 1. The molecule has 1 aromatic carbocycles. The molecule has 0 bridgehead atoms. The zero-order valence-corrected chi connectivity index (χ0v) is 23.7. The normalized spacial score (nSPS) is 16.7. The predicted octanol–water partition coefficient (Wildman–Crippen LogP) is 5.00. The van der Waals surface area contributed by atoms with Crippen molar-refractivity contribution in [2.45, 2.75) is 83.7 Å². The molecule has 3 N–H and O–H groups in total. The molecule has 0 aromatic heterocycles. The minimum Gasteiger partial charge on any atom is -0.444 e. The highest BCUT2D eigenvalue weighted by atomic mass is 19.4. The molecule has 8 nitrogen and oxygen atoms in total. The topological polar surface area (TPSA) is 99.8 Å². The van der Waals surface area contributed by atoms with Crippen LogP contribution in [-0.2, 0) is 20.9 Å². The second-order valence-corrected chi connectivity index (χ2v) is 11.7. The van der Waals surface area contributed by atoms with Gasteiger partial charge in [0.05, 0.1) is 11.6 Å². The first-order chi connectivity index (χ1) is 18.4. The van der Waals surface area contributed by atoms with E-state index in [1.54, 1.807) is 39.8 Å². The quantitative estimate of drug-likeness (QED) is 0.272. The number of halogens is 4. The smallest absolute Gasteiger partial charge is 0.408 e. The standard InChI is InChI=1S/C28H38F4N4O4/c1-15(24(37)33-14-28(30,31)32)19-12-20(29)21(11-18(19)13-36(5)6)34-25(38)23(35-26(39)40-27(2,3)4)22(16-7-8-16)17-9-10-17/h11-12,15-16,23H,7-10,13-14H2,1-6H3,(H,33,37)(H,34,38)(H,35,39)/t15?,23-/m0/s1. The van der Waals surface area contributed by atoms with Gasteiger partial charge < -0.3 is 25.6 Å². The van der Waals surface area contributed by atoms with Gasteiger partial charge in [-0.3, -0.25) is 9.59 Å². The van der Waals surface area contributed by atoms with E-state index in [4.69, 9.17) is 4.74 Å². The maximum atomic E-state index is 15.4. The van der Waals surface area contributed by atoms with Crippen molar-refractivity contribution in [3.63, 3.8) is 0 Å². The van der Waals surface area contributed by atoms with Crippen molar-refractivity contribution < 1.29 is 36.7 Å². The Morgan fingerprint density at radius 1 is 1.07 bits per heavy atom. The number of hydrogen-bond donors (Lipinski definition) is 3. The average molecular weight is 571 g/mol. The fourth-order valence-electron chi connectivity index (χ4n) is 4.48. The van der Waals surface area contributed by atoms with Gasteiger partial charge in [0.1, 0.15) is 24.0 Å². The molecule has 2 aliphatic carbocycles. The van der Waals surface area contributed by atoms with Gasteiger partial charge >= 0.3 is 12.3 Å². The summed E-state index contributed by atoms with van der Waals surface area (Å²) in [5.41, 5.74) is 1.64. The first-order valence-corrected chi connectivity index (χ1v) is 13.3. The summed E-state index contributed by atoms with van der Waals surface area (Å²) in [5.74, 6) is -3.31. The lowest BCUT2D eigenvalue weighted by molar-refractivity contribution is -0.139. The average Bonchev–Trinajstić information content (AvgIpc) is 3.71. The number of alkyl halides is 3. The third-order valence-electron chi connectivity index (χ3n) is 6.46. The van der Waals surface area contributed by atoms with Crippen LogP contribution in [0.3, 0.4) is 0 Å². The molecule has 0 aliphatic heterocycles. The van der Waals surface area contributed by atoms with E-state index < -0.39 is 54.0 Å². The Kier molecular flexibility index (Phi) is 9.54. The van der Waals surface area contributed by atoms with E-state index in [0.717, 1.165) is 42.9 Å². The summed E-state index contributed by atoms with van der Waals surface area (Å²) < 4.78 is 58.5. The predicted molar refractivity (Wildman–Crippen MR) is 142 cm³/mol. The SMILES string of the molecule is CC(C(=O)NCC(F)(F)F)c1cc(F)c(NC(=O)[C@@H](NC(=O)OC(C)(C)C)C(=C2CC2)C2CC2)cc1CN(C)C. The van der Waals surface area contributed by atoms with E-state index >= 15 is 4.39 Å². The Labute approximate surface area is 231 Å². The van der Waals surface area contributed by atoms with Gasteiger partial charge in [-0.15, -0.1) is 0 Å². The molecule has 3 rings (SSSR count). The molecule has 2 aliphatic rings. The summed E-state index contributed by atoms with van der Waals surface area (Å²) in [5, 5.41) is 7.09. The van der Waals surface area contributed by atoms with Gasteiger partial charge in [0.2, 0.25) is 5.91 Å². The highest BCUT2D eigenvalue weighted by molar-refractivity contribution is 5.99. The van der Waals surface area contributed by atoms with Gasteiger partial charge in [0, 0.05) is 6.54 Å².